The van der Waals surface area contributed by atoms with Gasteiger partial charge in [-0.25, -0.2) is 0 Å². The van der Waals surface area contributed by atoms with Crippen LogP contribution in [0.3, 0.4) is 0 Å². The van der Waals surface area contributed by atoms with Gasteiger partial charge in [-0.1, -0.05) is 59.8 Å². The highest BCUT2D eigenvalue weighted by atomic mass is 35.5. The maximum Gasteiger partial charge on any atom is 0.242 e. The lowest BCUT2D eigenvalue weighted by molar-refractivity contribution is -0.115. The van der Waals surface area contributed by atoms with Crippen LogP contribution in [0.2, 0.25) is 5.02 Å². The Balaban J connectivity index is 1.43. The number of para-hydroxylation sites is 2. The average molecular weight is 475 g/mol. The fourth-order valence-electron chi connectivity index (χ4n) is 4.23. The van der Waals surface area contributed by atoms with Crippen LogP contribution in [0.1, 0.15) is 18.1 Å². The van der Waals surface area contributed by atoms with E-state index in [1.807, 2.05) is 70.1 Å². The van der Waals surface area contributed by atoms with E-state index in [1.165, 1.54) is 22.9 Å². The zero-order valence-corrected chi connectivity index (χ0v) is 19.8. The van der Waals surface area contributed by atoms with E-state index in [4.69, 9.17) is 11.6 Å². The molecular weight excluding hydrogens is 452 g/mol. The Bertz CT molecular complexity index is 1250. The molecule has 0 aliphatic carbocycles. The summed E-state index contributed by atoms with van der Waals surface area (Å²) >= 11 is 7.45. The Morgan fingerprint density at radius 2 is 1.52 bits per heavy atom. The third-order valence-corrected chi connectivity index (χ3v) is 7.04. The van der Waals surface area contributed by atoms with Gasteiger partial charge in [0.1, 0.15) is 0 Å². The molecule has 1 amide bonds. The van der Waals surface area contributed by atoms with Crippen molar-refractivity contribution in [1.82, 2.24) is 14.8 Å². The molecule has 0 fully saturated rings. The van der Waals surface area contributed by atoms with Gasteiger partial charge in [-0.3, -0.25) is 9.69 Å². The van der Waals surface area contributed by atoms with Crippen molar-refractivity contribution in [2.45, 2.75) is 31.5 Å². The monoisotopic (exact) mass is 474 g/mol. The lowest BCUT2D eigenvalue weighted by Gasteiger charge is -2.24. The molecule has 0 saturated heterocycles. The lowest BCUT2D eigenvalue weighted by atomic mass is 10.0. The van der Waals surface area contributed by atoms with E-state index < -0.39 is 0 Å². The first-order valence-electron chi connectivity index (χ1n) is 11.0. The molecule has 0 unspecified atom stereocenters. The van der Waals surface area contributed by atoms with Crippen LogP contribution >= 0.6 is 23.4 Å². The van der Waals surface area contributed by atoms with Crippen LogP contribution in [0.4, 0.5) is 11.4 Å². The van der Waals surface area contributed by atoms with Gasteiger partial charge < -0.3 is 4.57 Å². The largest absolute Gasteiger partial charge is 0.302 e. The minimum absolute atomic E-state index is 0.0282. The smallest absolute Gasteiger partial charge is 0.242 e. The molecule has 2 heterocycles. The van der Waals surface area contributed by atoms with E-state index in [-0.39, 0.29) is 11.7 Å². The Kier molecular flexibility index (Phi) is 6.20. The van der Waals surface area contributed by atoms with Crippen molar-refractivity contribution in [3.63, 3.8) is 0 Å². The van der Waals surface area contributed by atoms with E-state index >= 15 is 0 Å². The van der Waals surface area contributed by atoms with Crippen LogP contribution < -0.4 is 4.90 Å². The molecule has 0 spiro atoms. The molecule has 0 atom stereocenters. The summed E-state index contributed by atoms with van der Waals surface area (Å²) in [4.78, 5) is 15.5. The molecule has 3 aromatic carbocycles. The summed E-state index contributed by atoms with van der Waals surface area (Å²) < 4.78 is 2.03. The molecule has 7 heteroatoms. The number of aromatic nitrogens is 3. The van der Waals surface area contributed by atoms with Crippen LogP contribution in [-0.2, 0) is 24.2 Å². The Morgan fingerprint density at radius 1 is 0.909 bits per heavy atom. The molecule has 1 aromatic heterocycles. The van der Waals surface area contributed by atoms with Crippen molar-refractivity contribution < 1.29 is 4.79 Å². The number of hydrogen-bond acceptors (Lipinski definition) is 4. The number of benzene rings is 3. The van der Waals surface area contributed by atoms with Crippen LogP contribution in [0.5, 0.6) is 0 Å². The van der Waals surface area contributed by atoms with Crippen molar-refractivity contribution in [3.05, 3.63) is 88.9 Å². The van der Waals surface area contributed by atoms with Gasteiger partial charge in [-0.2, -0.15) is 0 Å². The lowest BCUT2D eigenvalue weighted by Crippen LogP contribution is -2.28. The van der Waals surface area contributed by atoms with Crippen molar-refractivity contribution >= 4 is 40.6 Å². The molecule has 5 rings (SSSR count). The van der Waals surface area contributed by atoms with Crippen molar-refractivity contribution in [2.75, 3.05) is 10.7 Å². The van der Waals surface area contributed by atoms with Gasteiger partial charge in [0.15, 0.2) is 11.0 Å². The molecule has 166 valence electrons. The summed E-state index contributed by atoms with van der Waals surface area (Å²) in [5, 5.41) is 10.2. The number of carbonyl (C=O) groups excluding carboxylic acids is 1. The minimum atomic E-state index is 0.0282. The minimum Gasteiger partial charge on any atom is -0.302 e. The van der Waals surface area contributed by atoms with Gasteiger partial charge in [0.2, 0.25) is 5.91 Å². The van der Waals surface area contributed by atoms with Crippen molar-refractivity contribution in [2.24, 2.45) is 0 Å². The molecule has 0 saturated carbocycles. The normalized spacial score (nSPS) is 12.7. The fourth-order valence-corrected chi connectivity index (χ4v) is 5.21. The predicted octanol–water partition coefficient (Wildman–Crippen LogP) is 6.17. The van der Waals surface area contributed by atoms with Gasteiger partial charge in [0, 0.05) is 17.1 Å². The third kappa shape index (κ3) is 4.28. The summed E-state index contributed by atoms with van der Waals surface area (Å²) in [6.07, 6.45) is 1.83. The van der Waals surface area contributed by atoms with Crippen molar-refractivity contribution in [3.8, 4) is 11.4 Å². The summed E-state index contributed by atoms with van der Waals surface area (Å²) in [5.41, 5.74) is 5.25. The maximum atomic E-state index is 13.6. The molecule has 5 nitrogen and oxygen atoms in total. The van der Waals surface area contributed by atoms with E-state index in [0.717, 1.165) is 40.8 Å². The second kappa shape index (κ2) is 9.41. The third-order valence-electron chi connectivity index (χ3n) is 5.84. The summed E-state index contributed by atoms with van der Waals surface area (Å²) in [5.74, 6) is 1.07. The molecule has 1 aliphatic heterocycles. The first-order chi connectivity index (χ1) is 16.2. The number of anilines is 2. The molecule has 0 bridgehead atoms. The van der Waals surface area contributed by atoms with Crippen LogP contribution in [-0.4, -0.2) is 26.4 Å². The zero-order valence-electron chi connectivity index (χ0n) is 18.2. The fraction of sp³-hybridized carbons (Fsp3) is 0.192. The second-order valence-electron chi connectivity index (χ2n) is 7.83. The van der Waals surface area contributed by atoms with Crippen molar-refractivity contribution in [1.29, 1.82) is 0 Å². The molecule has 0 N–H and O–H groups in total. The maximum absolute atomic E-state index is 13.6. The van der Waals surface area contributed by atoms with Crippen LogP contribution in [0.15, 0.2) is 78.0 Å². The highest BCUT2D eigenvalue weighted by molar-refractivity contribution is 7.99. The Morgan fingerprint density at radius 3 is 2.12 bits per heavy atom. The predicted molar refractivity (Wildman–Crippen MR) is 134 cm³/mol. The highest BCUT2D eigenvalue weighted by Crippen LogP contribution is 2.37. The standard InChI is InChI=1S/C26H23ClN4OS/c1-2-30-25(20-13-15-21(27)16-14-20)28-29-26(30)33-17-24(32)31-22-9-5-3-7-18(22)11-12-19-8-4-6-10-23(19)31/h3-10,13-16H,2,11-12,17H2,1H3. The summed E-state index contributed by atoms with van der Waals surface area (Å²) in [6.45, 7) is 2.76. The first-order valence-corrected chi connectivity index (χ1v) is 12.3. The Hall–Kier alpha value is -3.09. The van der Waals surface area contributed by atoms with E-state index in [9.17, 15) is 4.79 Å². The van der Waals surface area contributed by atoms with Gasteiger partial charge in [0.05, 0.1) is 17.1 Å². The van der Waals surface area contributed by atoms with Gasteiger partial charge in [0.25, 0.3) is 0 Å². The van der Waals surface area contributed by atoms with Gasteiger partial charge in [-0.15, -0.1) is 10.2 Å². The van der Waals surface area contributed by atoms with Gasteiger partial charge in [-0.05, 0) is 67.3 Å². The van der Waals surface area contributed by atoms with E-state index in [0.29, 0.717) is 11.6 Å². The quantitative estimate of drug-likeness (QED) is 0.324. The topological polar surface area (TPSA) is 51.0 Å². The van der Waals surface area contributed by atoms with Crippen LogP contribution in [0, 0.1) is 0 Å². The molecule has 4 aromatic rings. The molecule has 33 heavy (non-hydrogen) atoms. The number of rotatable bonds is 5. The van der Waals surface area contributed by atoms with Crippen LogP contribution in [0.25, 0.3) is 11.4 Å². The Labute approximate surface area is 202 Å². The second-order valence-corrected chi connectivity index (χ2v) is 9.21. The highest BCUT2D eigenvalue weighted by Gasteiger charge is 2.26. The van der Waals surface area contributed by atoms with Gasteiger partial charge >= 0.3 is 0 Å². The number of amides is 1. The SMILES string of the molecule is CCn1c(SCC(=O)N2c3ccccc3CCc3ccccc32)nnc1-c1ccc(Cl)cc1. The first kappa shape index (κ1) is 21.7. The number of hydrogen-bond donors (Lipinski definition) is 0. The number of fused-ring (bicyclic) bond motifs is 2. The summed E-state index contributed by atoms with van der Waals surface area (Å²) in [7, 11) is 0. The number of nitrogens with zero attached hydrogens (tertiary/aromatic N) is 4. The number of thioether (sulfide) groups is 1. The van der Waals surface area contributed by atoms with E-state index in [2.05, 4.69) is 29.3 Å². The molecule has 0 radical (unpaired) electrons. The molecule has 1 aliphatic rings. The number of carbonyl (C=O) groups is 1. The van der Waals surface area contributed by atoms with E-state index in [1.54, 1.807) is 0 Å². The number of halogens is 1. The zero-order chi connectivity index (χ0) is 22.8. The average Bonchev–Trinajstić information content (AvgIpc) is 3.18. The summed E-state index contributed by atoms with van der Waals surface area (Å²) in [6, 6.07) is 23.9. The molecular formula is C26H23ClN4OS. The number of aryl methyl sites for hydroxylation is 2.